The zero-order valence-corrected chi connectivity index (χ0v) is 6.75. The average molecular weight is 184 g/mol. The van der Waals surface area contributed by atoms with Gasteiger partial charge in [0.15, 0.2) is 0 Å². The molecule has 0 saturated carbocycles. The van der Waals surface area contributed by atoms with Gasteiger partial charge in [0.1, 0.15) is 17.5 Å². The lowest BCUT2D eigenvalue weighted by Gasteiger charge is -2.05. The predicted molar refractivity (Wildman–Crippen MR) is 40.3 cm³/mol. The predicted octanol–water partition coefficient (Wildman–Crippen LogP) is 1.90. The number of halogens is 2. The van der Waals surface area contributed by atoms with Crippen molar-refractivity contribution in [2.24, 2.45) is 0 Å². The molecule has 0 aliphatic rings. The minimum atomic E-state index is -2.80. The molecule has 13 heavy (non-hydrogen) atoms. The Hall–Kier alpha value is -1.70. The van der Waals surface area contributed by atoms with Crippen LogP contribution in [-0.2, 0) is 0 Å². The molecule has 0 amide bonds. The molecule has 1 N–H and O–H groups in total. The van der Waals surface area contributed by atoms with Gasteiger partial charge in [-0.15, -0.1) is 0 Å². The van der Waals surface area contributed by atoms with Gasteiger partial charge in [0.25, 0.3) is 6.43 Å². The van der Waals surface area contributed by atoms with Crippen molar-refractivity contribution >= 4 is 0 Å². The highest BCUT2D eigenvalue weighted by Crippen LogP contribution is 2.26. The first-order valence-corrected chi connectivity index (χ1v) is 3.44. The number of nitriles is 1. The van der Waals surface area contributed by atoms with E-state index in [4.69, 9.17) is 10.4 Å². The summed E-state index contributed by atoms with van der Waals surface area (Å²) < 4.78 is 24.5. The van der Waals surface area contributed by atoms with E-state index in [1.165, 1.54) is 6.92 Å². The lowest BCUT2D eigenvalue weighted by Crippen LogP contribution is -1.97. The third-order valence-corrected chi connectivity index (χ3v) is 1.66. The summed E-state index contributed by atoms with van der Waals surface area (Å²) >= 11 is 0. The third-order valence-electron chi connectivity index (χ3n) is 1.66. The lowest BCUT2D eigenvalue weighted by molar-refractivity contribution is 0.145. The molecule has 0 bridgehead atoms. The van der Waals surface area contributed by atoms with Gasteiger partial charge >= 0.3 is 0 Å². The lowest BCUT2D eigenvalue weighted by atomic mass is 10.1. The van der Waals surface area contributed by atoms with Gasteiger partial charge in [-0.25, -0.2) is 13.8 Å². The molecule has 0 spiro atoms. The molecule has 5 heteroatoms. The van der Waals surface area contributed by atoms with Crippen LogP contribution in [0.4, 0.5) is 8.78 Å². The quantitative estimate of drug-likeness (QED) is 0.725. The Morgan fingerprint density at radius 3 is 2.69 bits per heavy atom. The number of alkyl halides is 2. The summed E-state index contributed by atoms with van der Waals surface area (Å²) in [4.78, 5) is 3.29. The molecule has 1 heterocycles. The molecule has 0 atom stereocenters. The van der Waals surface area contributed by atoms with Crippen molar-refractivity contribution in [3.63, 3.8) is 0 Å². The van der Waals surface area contributed by atoms with Crippen LogP contribution in [0.25, 0.3) is 0 Å². The number of hydrogen-bond donors (Lipinski definition) is 1. The van der Waals surface area contributed by atoms with Gasteiger partial charge in [0.05, 0.1) is 11.8 Å². The molecule has 0 radical (unpaired) electrons. The Morgan fingerprint density at radius 1 is 1.62 bits per heavy atom. The van der Waals surface area contributed by atoms with Crippen LogP contribution in [0.2, 0.25) is 0 Å². The smallest absolute Gasteiger partial charge is 0.281 e. The van der Waals surface area contributed by atoms with E-state index in [1.54, 1.807) is 6.07 Å². The zero-order valence-electron chi connectivity index (χ0n) is 6.75. The van der Waals surface area contributed by atoms with E-state index in [1.807, 2.05) is 0 Å². The third kappa shape index (κ3) is 1.56. The van der Waals surface area contributed by atoms with E-state index in [-0.39, 0.29) is 16.9 Å². The SMILES string of the molecule is Cc1c(O)cnc(C(F)F)c1C#N. The van der Waals surface area contributed by atoms with Crippen LogP contribution >= 0.6 is 0 Å². The van der Waals surface area contributed by atoms with Crippen molar-refractivity contribution in [3.05, 3.63) is 23.0 Å². The zero-order chi connectivity index (χ0) is 10.0. The van der Waals surface area contributed by atoms with Gasteiger partial charge in [-0.3, -0.25) is 0 Å². The maximum absolute atomic E-state index is 12.2. The Balaban J connectivity index is 3.41. The summed E-state index contributed by atoms with van der Waals surface area (Å²) in [5, 5.41) is 17.6. The second kappa shape index (κ2) is 3.35. The van der Waals surface area contributed by atoms with Crippen LogP contribution in [0.1, 0.15) is 23.2 Å². The first-order chi connectivity index (χ1) is 6.07. The topological polar surface area (TPSA) is 56.9 Å². The second-order valence-corrected chi connectivity index (χ2v) is 2.44. The Bertz CT molecular complexity index is 371. The molecular weight excluding hydrogens is 178 g/mol. The molecule has 1 aromatic rings. The van der Waals surface area contributed by atoms with Crippen LogP contribution in [0.15, 0.2) is 6.20 Å². The van der Waals surface area contributed by atoms with Crippen LogP contribution in [0, 0.1) is 18.3 Å². The highest BCUT2D eigenvalue weighted by Gasteiger charge is 2.18. The van der Waals surface area contributed by atoms with Crippen molar-refractivity contribution in [2.75, 3.05) is 0 Å². The molecule has 0 aliphatic heterocycles. The van der Waals surface area contributed by atoms with Crippen LogP contribution in [-0.4, -0.2) is 10.1 Å². The maximum Gasteiger partial charge on any atom is 0.281 e. The molecule has 0 aliphatic carbocycles. The van der Waals surface area contributed by atoms with Gasteiger partial charge < -0.3 is 5.11 Å². The highest BCUT2D eigenvalue weighted by atomic mass is 19.3. The number of hydrogen-bond acceptors (Lipinski definition) is 3. The van der Waals surface area contributed by atoms with Crippen molar-refractivity contribution in [1.82, 2.24) is 4.98 Å². The molecule has 68 valence electrons. The molecular formula is C8H6F2N2O. The molecule has 0 saturated heterocycles. The van der Waals surface area contributed by atoms with Crippen molar-refractivity contribution in [3.8, 4) is 11.8 Å². The van der Waals surface area contributed by atoms with E-state index in [9.17, 15) is 8.78 Å². The Kier molecular flexibility index (Phi) is 2.42. The maximum atomic E-state index is 12.2. The van der Waals surface area contributed by atoms with Gasteiger partial charge in [-0.05, 0) is 6.92 Å². The summed E-state index contributed by atoms with van der Waals surface area (Å²) in [6.45, 7) is 1.39. The summed E-state index contributed by atoms with van der Waals surface area (Å²) in [5.41, 5.74) is -0.708. The van der Waals surface area contributed by atoms with E-state index >= 15 is 0 Å². The van der Waals surface area contributed by atoms with E-state index < -0.39 is 12.1 Å². The van der Waals surface area contributed by atoms with Gasteiger partial charge in [0, 0.05) is 5.56 Å². The summed E-state index contributed by atoms with van der Waals surface area (Å²) in [7, 11) is 0. The number of pyridine rings is 1. The van der Waals surface area contributed by atoms with E-state index in [0.29, 0.717) is 0 Å². The van der Waals surface area contributed by atoms with Gasteiger partial charge in [0.2, 0.25) is 0 Å². The Labute approximate surface area is 73.3 Å². The van der Waals surface area contributed by atoms with Crippen molar-refractivity contribution in [2.45, 2.75) is 13.3 Å². The van der Waals surface area contributed by atoms with Crippen molar-refractivity contribution in [1.29, 1.82) is 5.26 Å². The van der Waals surface area contributed by atoms with Crippen LogP contribution in [0.5, 0.6) is 5.75 Å². The summed E-state index contributed by atoms with van der Waals surface area (Å²) in [6.07, 6.45) is -1.88. The minimum Gasteiger partial charge on any atom is -0.506 e. The van der Waals surface area contributed by atoms with Crippen LogP contribution in [0.3, 0.4) is 0 Å². The summed E-state index contributed by atoms with van der Waals surface area (Å²) in [5.74, 6) is -0.249. The van der Waals surface area contributed by atoms with Crippen molar-refractivity contribution < 1.29 is 13.9 Å². The first-order valence-electron chi connectivity index (χ1n) is 3.44. The summed E-state index contributed by atoms with van der Waals surface area (Å²) in [6, 6.07) is 1.58. The second-order valence-electron chi connectivity index (χ2n) is 2.44. The highest BCUT2D eigenvalue weighted by molar-refractivity contribution is 5.46. The molecule has 1 rings (SSSR count). The molecule has 1 aromatic heterocycles. The number of aromatic nitrogens is 1. The average Bonchev–Trinajstić information content (AvgIpc) is 2.09. The molecule has 0 aromatic carbocycles. The van der Waals surface area contributed by atoms with Gasteiger partial charge in [-0.2, -0.15) is 5.26 Å². The number of aromatic hydroxyl groups is 1. The van der Waals surface area contributed by atoms with E-state index in [0.717, 1.165) is 6.20 Å². The number of nitrogens with zero attached hydrogens (tertiary/aromatic N) is 2. The van der Waals surface area contributed by atoms with Gasteiger partial charge in [-0.1, -0.05) is 0 Å². The number of rotatable bonds is 1. The first kappa shape index (κ1) is 9.39. The monoisotopic (exact) mass is 184 g/mol. The minimum absolute atomic E-state index is 0.132. The molecule has 0 fully saturated rings. The molecule has 0 unspecified atom stereocenters. The normalized spacial score (nSPS) is 10.1. The fourth-order valence-electron chi connectivity index (χ4n) is 0.919. The fraction of sp³-hybridized carbons (Fsp3) is 0.250. The van der Waals surface area contributed by atoms with E-state index in [2.05, 4.69) is 4.98 Å². The van der Waals surface area contributed by atoms with Crippen LogP contribution < -0.4 is 0 Å². The Morgan fingerprint density at radius 2 is 2.23 bits per heavy atom. The fourth-order valence-corrected chi connectivity index (χ4v) is 0.919. The standard InChI is InChI=1S/C8H6F2N2O/c1-4-5(2-11)7(8(9)10)12-3-6(4)13/h3,8,13H,1H3. The molecule has 3 nitrogen and oxygen atoms in total. The largest absolute Gasteiger partial charge is 0.506 e.